The number of aliphatic hydroxyl groups is 10. The van der Waals surface area contributed by atoms with Crippen LogP contribution in [-0.4, -0.2) is 151 Å². The number of aliphatic hydroxyl groups excluding tert-OH is 10. The van der Waals surface area contributed by atoms with Gasteiger partial charge in [-0.2, -0.15) is 0 Å². The van der Waals surface area contributed by atoms with Crippen LogP contribution in [0, 0.1) is 44.3 Å². The summed E-state index contributed by atoms with van der Waals surface area (Å²) in [6.07, 6.45) is -5.79. The summed E-state index contributed by atoms with van der Waals surface area (Å²) in [6, 6.07) is 0. The van der Waals surface area contributed by atoms with Crippen molar-refractivity contribution in [1.29, 1.82) is 0 Å². The fourth-order valence-electron chi connectivity index (χ4n) is 13.1. The van der Waals surface area contributed by atoms with Gasteiger partial charge in [-0.1, -0.05) is 52.3 Å². The van der Waals surface area contributed by atoms with Gasteiger partial charge in [0.1, 0.15) is 42.7 Å². The molecule has 0 aromatic heterocycles. The molecule has 5 fully saturated rings. The van der Waals surface area contributed by atoms with E-state index < -0.39 is 96.5 Å². The van der Waals surface area contributed by atoms with E-state index in [-0.39, 0.29) is 47.9 Å². The Morgan fingerprint density at radius 2 is 1.43 bits per heavy atom. The lowest BCUT2D eigenvalue weighted by Crippen LogP contribution is -2.67. The van der Waals surface area contributed by atoms with E-state index in [4.69, 9.17) is 18.9 Å². The first kappa shape index (κ1) is 43.0. The second-order valence-electron chi connectivity index (χ2n) is 20.1. The van der Waals surface area contributed by atoms with Crippen LogP contribution >= 0.6 is 0 Å². The molecule has 56 heavy (non-hydrogen) atoms. The standard InChI is InChI=1S/C42H68O14/c1-21-29(48)34(56-35-32(51)31(50)30(49)24(17-43)54-35)33(52)36(53-21)55-28-10-11-38(3)25(39(28,4)19-45)9-12-40(5)26(38)8-7-22-23-15-37(2,18-44)13-14-42(23,20-46)27(47)16-41(22,40)6/h7-8,21,24-36,43-52H,9-20H2,1-6H3/t21-,24-,25-,26-,27-,28+,29+,30-,31+,32-,33-,34+,35+,36+,37+,38+,39+,40-,41-,42-/m1/s1. The zero-order chi connectivity index (χ0) is 41.0. The van der Waals surface area contributed by atoms with E-state index in [2.05, 4.69) is 39.8 Å². The molecule has 0 amide bonds. The maximum absolute atomic E-state index is 12.0. The highest BCUT2D eigenvalue weighted by molar-refractivity contribution is 5.47. The topological polar surface area (TPSA) is 239 Å². The minimum atomic E-state index is -1.74. The second-order valence-corrected chi connectivity index (χ2v) is 20.1. The molecule has 0 aromatic rings. The summed E-state index contributed by atoms with van der Waals surface area (Å²) < 4.78 is 24.0. The van der Waals surface area contributed by atoms with Gasteiger partial charge in [-0.3, -0.25) is 0 Å². The number of fused-ring (bicyclic) bond motifs is 6. The van der Waals surface area contributed by atoms with Crippen molar-refractivity contribution in [3.63, 3.8) is 0 Å². The van der Waals surface area contributed by atoms with Gasteiger partial charge in [0.15, 0.2) is 12.6 Å². The molecule has 2 saturated heterocycles. The van der Waals surface area contributed by atoms with Crippen LogP contribution in [0.2, 0.25) is 0 Å². The quantitative estimate of drug-likeness (QED) is 0.152. The van der Waals surface area contributed by atoms with Gasteiger partial charge in [-0.15, -0.1) is 0 Å². The molecule has 7 aliphatic rings. The molecule has 0 aromatic carbocycles. The molecule has 7 rings (SSSR count). The molecule has 14 nitrogen and oxygen atoms in total. The van der Waals surface area contributed by atoms with Crippen molar-refractivity contribution in [3.05, 3.63) is 23.3 Å². The van der Waals surface area contributed by atoms with Crippen molar-refractivity contribution in [2.45, 2.75) is 167 Å². The molecule has 5 aliphatic carbocycles. The average Bonchev–Trinajstić information content (AvgIpc) is 3.17. The molecule has 2 heterocycles. The van der Waals surface area contributed by atoms with Crippen molar-refractivity contribution < 1.29 is 70.0 Å². The number of hydrogen-bond donors (Lipinski definition) is 10. The first-order valence-corrected chi connectivity index (χ1v) is 20.8. The van der Waals surface area contributed by atoms with Crippen LogP contribution in [0.15, 0.2) is 23.3 Å². The Balaban J connectivity index is 1.15. The summed E-state index contributed by atoms with van der Waals surface area (Å²) in [5.74, 6) is 0.0705. The van der Waals surface area contributed by atoms with E-state index in [0.29, 0.717) is 25.7 Å². The Bertz CT molecular complexity index is 1520. The lowest BCUT2D eigenvalue weighted by molar-refractivity contribution is -0.367. The van der Waals surface area contributed by atoms with Crippen LogP contribution in [0.25, 0.3) is 0 Å². The summed E-state index contributed by atoms with van der Waals surface area (Å²) in [5.41, 5.74) is -0.498. The third-order valence-electron chi connectivity index (χ3n) is 17.1. The van der Waals surface area contributed by atoms with Crippen molar-refractivity contribution >= 4 is 0 Å². The van der Waals surface area contributed by atoms with E-state index >= 15 is 0 Å². The highest BCUT2D eigenvalue weighted by Crippen LogP contribution is 2.74. The van der Waals surface area contributed by atoms with E-state index in [0.717, 1.165) is 31.3 Å². The smallest absolute Gasteiger partial charge is 0.187 e. The van der Waals surface area contributed by atoms with Gasteiger partial charge in [0.05, 0.1) is 38.1 Å². The summed E-state index contributed by atoms with van der Waals surface area (Å²) in [4.78, 5) is 0. The summed E-state index contributed by atoms with van der Waals surface area (Å²) in [7, 11) is 0. The Labute approximate surface area is 330 Å². The van der Waals surface area contributed by atoms with Gasteiger partial charge in [-0.05, 0) is 91.9 Å². The molecular formula is C42H68O14. The summed E-state index contributed by atoms with van der Waals surface area (Å²) in [6.45, 7) is 11.7. The lowest BCUT2D eigenvalue weighted by Gasteiger charge is -2.70. The van der Waals surface area contributed by atoms with Crippen LogP contribution in [0.5, 0.6) is 0 Å². The van der Waals surface area contributed by atoms with Crippen molar-refractivity contribution in [2.24, 2.45) is 44.3 Å². The highest BCUT2D eigenvalue weighted by Gasteiger charge is 2.69. The Morgan fingerprint density at radius 3 is 2.07 bits per heavy atom. The first-order valence-electron chi connectivity index (χ1n) is 20.8. The molecular weight excluding hydrogens is 728 g/mol. The number of rotatable bonds is 8. The minimum absolute atomic E-state index is 0.0124. The SMILES string of the molecule is C[C@H]1O[C@@H](O[C@H]2CC[C@@]3(C)[C@@H](CC[C@]4(C)[C@@H]3C=CC3=C5C[C@@](C)(CO)CC[C@]5(CO)[C@H](O)C[C@]34C)[C@]2(C)CO)[C@H](O)[C@@H](O[C@@H]2O[C@H](CO)[C@@H](O)[C@H](O)[C@H]2O)[C@H]1O. The zero-order valence-corrected chi connectivity index (χ0v) is 33.8. The van der Waals surface area contributed by atoms with Crippen LogP contribution in [0.1, 0.15) is 92.9 Å². The molecule has 320 valence electrons. The summed E-state index contributed by atoms with van der Waals surface area (Å²) >= 11 is 0. The maximum Gasteiger partial charge on any atom is 0.187 e. The van der Waals surface area contributed by atoms with Gasteiger partial charge >= 0.3 is 0 Å². The summed E-state index contributed by atoms with van der Waals surface area (Å²) in [5, 5.41) is 108. The molecule has 0 spiro atoms. The molecule has 3 saturated carbocycles. The van der Waals surface area contributed by atoms with Crippen molar-refractivity contribution in [3.8, 4) is 0 Å². The largest absolute Gasteiger partial charge is 0.396 e. The Kier molecular flexibility index (Phi) is 11.4. The third kappa shape index (κ3) is 6.10. The highest BCUT2D eigenvalue weighted by atomic mass is 16.7. The van der Waals surface area contributed by atoms with E-state index in [1.54, 1.807) is 6.92 Å². The molecule has 2 aliphatic heterocycles. The fraction of sp³-hybridized carbons (Fsp3) is 0.905. The number of hydrogen-bond acceptors (Lipinski definition) is 14. The van der Waals surface area contributed by atoms with Crippen LogP contribution < -0.4 is 0 Å². The Hall–Kier alpha value is -1.08. The fourth-order valence-corrected chi connectivity index (χ4v) is 13.1. The van der Waals surface area contributed by atoms with Crippen LogP contribution in [0.4, 0.5) is 0 Å². The molecule has 10 N–H and O–H groups in total. The minimum Gasteiger partial charge on any atom is -0.396 e. The monoisotopic (exact) mass is 796 g/mol. The molecule has 0 bridgehead atoms. The average molecular weight is 797 g/mol. The van der Waals surface area contributed by atoms with Crippen LogP contribution in [-0.2, 0) is 18.9 Å². The van der Waals surface area contributed by atoms with Crippen LogP contribution in [0.3, 0.4) is 0 Å². The van der Waals surface area contributed by atoms with Gasteiger partial charge in [0.25, 0.3) is 0 Å². The van der Waals surface area contributed by atoms with E-state index in [9.17, 15) is 51.1 Å². The van der Waals surface area contributed by atoms with Gasteiger partial charge in [-0.25, -0.2) is 0 Å². The molecule has 14 heteroatoms. The lowest BCUT2D eigenvalue weighted by atomic mass is 9.35. The van der Waals surface area contributed by atoms with E-state index in [1.165, 1.54) is 5.57 Å². The second kappa shape index (κ2) is 14.8. The predicted molar refractivity (Wildman–Crippen MR) is 200 cm³/mol. The van der Waals surface area contributed by atoms with Crippen molar-refractivity contribution in [1.82, 2.24) is 0 Å². The normalized spacial score (nSPS) is 55.9. The van der Waals surface area contributed by atoms with E-state index in [1.807, 2.05) is 6.92 Å². The molecule has 0 radical (unpaired) electrons. The number of ether oxygens (including phenoxy) is 4. The Morgan fingerprint density at radius 1 is 0.732 bits per heavy atom. The third-order valence-corrected chi connectivity index (χ3v) is 17.1. The van der Waals surface area contributed by atoms with Gasteiger partial charge in [0, 0.05) is 22.9 Å². The predicted octanol–water partition coefficient (Wildman–Crippen LogP) is 0.653. The van der Waals surface area contributed by atoms with Gasteiger partial charge < -0.3 is 70.0 Å². The molecule has 0 unspecified atom stereocenters. The first-order chi connectivity index (χ1) is 26.2. The van der Waals surface area contributed by atoms with Crippen molar-refractivity contribution in [2.75, 3.05) is 26.4 Å². The van der Waals surface area contributed by atoms with Gasteiger partial charge in [0.2, 0.25) is 0 Å². The maximum atomic E-state index is 12.0. The molecule has 20 atom stereocenters. The zero-order valence-electron chi connectivity index (χ0n) is 33.8. The number of allylic oxidation sites excluding steroid dienone is 3.